The van der Waals surface area contributed by atoms with Crippen molar-refractivity contribution in [3.63, 3.8) is 0 Å². The molecule has 0 bridgehead atoms. The lowest BCUT2D eigenvalue weighted by Gasteiger charge is -2.14. The van der Waals surface area contributed by atoms with E-state index in [1.165, 1.54) is 6.92 Å². The maximum atomic E-state index is 12.6. The molecule has 0 spiro atoms. The van der Waals surface area contributed by atoms with Crippen LogP contribution in [-0.2, 0) is 4.79 Å². The summed E-state index contributed by atoms with van der Waals surface area (Å²) in [5, 5.41) is -0.0707. The van der Waals surface area contributed by atoms with Crippen LogP contribution in [-0.4, -0.2) is 23.0 Å². The van der Waals surface area contributed by atoms with E-state index in [1.807, 2.05) is 0 Å². The molecule has 0 aromatic heterocycles. The van der Waals surface area contributed by atoms with E-state index in [0.717, 1.165) is 11.8 Å². The van der Waals surface area contributed by atoms with E-state index in [9.17, 15) is 18.0 Å². The molecule has 0 aliphatic carbocycles. The molecular formula is C8H13F3OS. The zero-order valence-electron chi connectivity index (χ0n) is 7.65. The van der Waals surface area contributed by atoms with Crippen molar-refractivity contribution in [3.05, 3.63) is 0 Å². The smallest absolute Gasteiger partial charge is 0.275 e. The van der Waals surface area contributed by atoms with Gasteiger partial charge in [-0.2, -0.15) is 0 Å². The van der Waals surface area contributed by atoms with Gasteiger partial charge in [-0.3, -0.25) is 4.79 Å². The molecule has 0 heterocycles. The molecule has 0 aromatic carbocycles. The van der Waals surface area contributed by atoms with Crippen LogP contribution in [0.3, 0.4) is 0 Å². The molecule has 0 aliphatic rings. The Hall–Kier alpha value is -0.190. The number of hydrogen-bond donors (Lipinski definition) is 0. The molecule has 0 saturated heterocycles. The summed E-state index contributed by atoms with van der Waals surface area (Å²) in [7, 11) is 0. The molecule has 1 nitrogen and oxygen atoms in total. The van der Waals surface area contributed by atoms with E-state index in [0.29, 0.717) is 19.1 Å². The Kier molecular flexibility index (Phi) is 5.44. The predicted octanol–water partition coefficient (Wildman–Crippen LogP) is 3.04. The maximum Gasteiger partial charge on any atom is 0.275 e. The number of halogens is 3. The summed E-state index contributed by atoms with van der Waals surface area (Å²) >= 11 is 1.03. The first-order valence-electron chi connectivity index (χ1n) is 3.99. The first kappa shape index (κ1) is 12.8. The summed E-state index contributed by atoms with van der Waals surface area (Å²) in [5.41, 5.74) is 0. The van der Waals surface area contributed by atoms with Crippen LogP contribution in [0.2, 0.25) is 0 Å². The number of rotatable bonds is 5. The van der Waals surface area contributed by atoms with Crippen LogP contribution in [0.4, 0.5) is 13.2 Å². The normalized spacial score (nSPS) is 14.2. The molecule has 0 saturated carbocycles. The molecule has 0 aromatic rings. The van der Waals surface area contributed by atoms with Crippen molar-refractivity contribution in [1.82, 2.24) is 0 Å². The topological polar surface area (TPSA) is 17.1 Å². The van der Waals surface area contributed by atoms with E-state index in [1.54, 1.807) is 0 Å². The Balaban J connectivity index is 3.49. The largest absolute Gasteiger partial charge is 0.288 e. The SMILES string of the molecule is CC(=O)SCCCC(F)C(C)(F)F. The van der Waals surface area contributed by atoms with Gasteiger partial charge in [0.05, 0.1) is 0 Å². The van der Waals surface area contributed by atoms with Crippen molar-refractivity contribution in [1.29, 1.82) is 0 Å². The van der Waals surface area contributed by atoms with Crippen molar-refractivity contribution >= 4 is 16.9 Å². The zero-order valence-corrected chi connectivity index (χ0v) is 8.47. The van der Waals surface area contributed by atoms with Gasteiger partial charge in [0.25, 0.3) is 5.92 Å². The minimum Gasteiger partial charge on any atom is -0.288 e. The van der Waals surface area contributed by atoms with Crippen LogP contribution in [0.15, 0.2) is 0 Å². The lowest BCUT2D eigenvalue weighted by molar-refractivity contribution is -0.109. The zero-order chi connectivity index (χ0) is 10.5. The van der Waals surface area contributed by atoms with Crippen molar-refractivity contribution in [2.24, 2.45) is 0 Å². The Morgan fingerprint density at radius 2 is 2.08 bits per heavy atom. The second-order valence-corrected chi connectivity index (χ2v) is 4.18. The molecule has 0 aliphatic heterocycles. The summed E-state index contributed by atoms with van der Waals surface area (Å²) in [6.07, 6.45) is -1.99. The fourth-order valence-electron chi connectivity index (χ4n) is 0.732. The van der Waals surface area contributed by atoms with Gasteiger partial charge in [0.1, 0.15) is 0 Å². The average Bonchev–Trinajstić information content (AvgIpc) is 1.95. The predicted molar refractivity (Wildman–Crippen MR) is 47.9 cm³/mol. The van der Waals surface area contributed by atoms with Crippen LogP contribution in [0, 0.1) is 0 Å². The number of carbonyl (C=O) groups excluding carboxylic acids is 1. The summed E-state index contributed by atoms with van der Waals surface area (Å²) in [4.78, 5) is 10.4. The van der Waals surface area contributed by atoms with E-state index < -0.39 is 12.1 Å². The van der Waals surface area contributed by atoms with Gasteiger partial charge >= 0.3 is 0 Å². The van der Waals surface area contributed by atoms with Crippen molar-refractivity contribution in [3.8, 4) is 0 Å². The monoisotopic (exact) mass is 214 g/mol. The van der Waals surface area contributed by atoms with Gasteiger partial charge in [-0.25, -0.2) is 13.2 Å². The van der Waals surface area contributed by atoms with E-state index in [-0.39, 0.29) is 11.5 Å². The third-order valence-corrected chi connectivity index (χ3v) is 2.36. The second kappa shape index (κ2) is 5.52. The van der Waals surface area contributed by atoms with E-state index >= 15 is 0 Å². The number of carbonyl (C=O) groups is 1. The van der Waals surface area contributed by atoms with Crippen LogP contribution in [0.5, 0.6) is 0 Å². The highest BCUT2D eigenvalue weighted by molar-refractivity contribution is 8.13. The standard InChI is InChI=1S/C8H13F3OS/c1-6(12)13-5-3-4-7(9)8(2,10)11/h7H,3-5H2,1-2H3. The second-order valence-electron chi connectivity index (χ2n) is 2.91. The molecule has 0 fully saturated rings. The summed E-state index contributed by atoms with van der Waals surface area (Å²) in [6, 6.07) is 0. The van der Waals surface area contributed by atoms with E-state index in [4.69, 9.17) is 0 Å². The quantitative estimate of drug-likeness (QED) is 0.654. The minimum absolute atomic E-state index is 0.0707. The van der Waals surface area contributed by atoms with Gasteiger partial charge in [-0.15, -0.1) is 0 Å². The van der Waals surface area contributed by atoms with Crippen molar-refractivity contribution in [2.45, 2.75) is 38.8 Å². The first-order valence-corrected chi connectivity index (χ1v) is 4.98. The Labute approximate surface area is 80.1 Å². The summed E-state index contributed by atoms with van der Waals surface area (Å²) in [5.74, 6) is -2.85. The molecule has 0 radical (unpaired) electrons. The lowest BCUT2D eigenvalue weighted by atomic mass is 10.1. The van der Waals surface area contributed by atoms with Crippen LogP contribution >= 0.6 is 11.8 Å². The Morgan fingerprint density at radius 3 is 2.46 bits per heavy atom. The molecule has 0 rings (SSSR count). The van der Waals surface area contributed by atoms with Crippen molar-refractivity contribution < 1.29 is 18.0 Å². The number of hydrogen-bond acceptors (Lipinski definition) is 2. The fourth-order valence-corrected chi connectivity index (χ4v) is 1.33. The molecule has 1 atom stereocenters. The molecule has 13 heavy (non-hydrogen) atoms. The summed E-state index contributed by atoms with van der Waals surface area (Å²) in [6.45, 7) is 1.96. The molecular weight excluding hydrogens is 201 g/mol. The van der Waals surface area contributed by atoms with Gasteiger partial charge in [-0.05, 0) is 12.8 Å². The van der Waals surface area contributed by atoms with Crippen LogP contribution < -0.4 is 0 Å². The van der Waals surface area contributed by atoms with Crippen molar-refractivity contribution in [2.75, 3.05) is 5.75 Å². The first-order chi connectivity index (χ1) is 5.84. The van der Waals surface area contributed by atoms with Gasteiger partial charge in [0.2, 0.25) is 0 Å². The molecule has 78 valence electrons. The molecule has 5 heteroatoms. The minimum atomic E-state index is -3.26. The summed E-state index contributed by atoms with van der Waals surface area (Å²) < 4.78 is 37.1. The third kappa shape index (κ3) is 6.93. The molecule has 0 N–H and O–H groups in total. The molecule has 1 unspecified atom stereocenters. The Bertz CT molecular complexity index is 167. The van der Waals surface area contributed by atoms with Crippen LogP contribution in [0.1, 0.15) is 26.7 Å². The Morgan fingerprint density at radius 1 is 1.54 bits per heavy atom. The van der Waals surface area contributed by atoms with Gasteiger partial charge in [0.15, 0.2) is 11.3 Å². The highest BCUT2D eigenvalue weighted by Crippen LogP contribution is 2.24. The van der Waals surface area contributed by atoms with Crippen LogP contribution in [0.25, 0.3) is 0 Å². The average molecular weight is 214 g/mol. The van der Waals surface area contributed by atoms with Gasteiger partial charge in [0, 0.05) is 19.6 Å². The van der Waals surface area contributed by atoms with Gasteiger partial charge in [-0.1, -0.05) is 11.8 Å². The molecule has 0 amide bonds. The number of alkyl halides is 3. The lowest BCUT2D eigenvalue weighted by Crippen LogP contribution is -2.25. The highest BCUT2D eigenvalue weighted by atomic mass is 32.2. The fraction of sp³-hybridized carbons (Fsp3) is 0.875. The maximum absolute atomic E-state index is 12.6. The van der Waals surface area contributed by atoms with E-state index in [2.05, 4.69) is 0 Å². The van der Waals surface area contributed by atoms with Gasteiger partial charge < -0.3 is 0 Å². The number of thioether (sulfide) groups is 1. The highest BCUT2D eigenvalue weighted by Gasteiger charge is 2.33. The third-order valence-electron chi connectivity index (χ3n) is 1.46.